The zero-order valence-corrected chi connectivity index (χ0v) is 25.9. The first kappa shape index (κ1) is 32.6. The normalized spacial score (nSPS) is 16.2. The first-order chi connectivity index (χ1) is 21.0. The molecule has 2 aliphatic rings. The number of rotatable bonds is 9. The second-order valence-corrected chi connectivity index (χ2v) is 11.6. The van der Waals surface area contributed by atoms with Gasteiger partial charge in [-0.2, -0.15) is 0 Å². The third-order valence-corrected chi connectivity index (χ3v) is 7.09. The van der Waals surface area contributed by atoms with Crippen molar-refractivity contribution in [2.75, 3.05) is 64.0 Å². The number of esters is 1. The molecule has 238 valence electrons. The molecule has 0 aliphatic carbocycles. The topological polar surface area (TPSA) is 144 Å². The van der Waals surface area contributed by atoms with Crippen LogP contribution in [0.4, 0.5) is 10.6 Å². The van der Waals surface area contributed by atoms with Crippen LogP contribution >= 0.6 is 0 Å². The van der Waals surface area contributed by atoms with Gasteiger partial charge in [-0.15, -0.1) is 0 Å². The summed E-state index contributed by atoms with van der Waals surface area (Å²) in [7, 11) is 0. The van der Waals surface area contributed by atoms with Crippen LogP contribution in [-0.2, 0) is 23.8 Å². The van der Waals surface area contributed by atoms with Crippen LogP contribution < -0.4 is 10.2 Å². The lowest BCUT2D eigenvalue weighted by Crippen LogP contribution is -2.56. The fourth-order valence-electron chi connectivity index (χ4n) is 4.91. The molecule has 44 heavy (non-hydrogen) atoms. The lowest BCUT2D eigenvalue weighted by Gasteiger charge is -2.36. The standard InChI is InChI=1S/C31H42N6O7/c1-5-43-30(41)37-15-13-36(14-16-37)29(40)23(11-12-26(38)44-31(2,3)4)33-28(39)24-21-25(35-17-19-42-20-18-35)34-27(32-24)22-9-7-6-8-10-22/h6-10,21,23H,5,11-20H2,1-4H3,(H,33,39)/t23-/m0/s1. The van der Waals surface area contributed by atoms with Crippen LogP contribution in [0.1, 0.15) is 51.0 Å². The molecule has 4 rings (SSSR count). The summed E-state index contributed by atoms with van der Waals surface area (Å²) < 4.78 is 16.0. The van der Waals surface area contributed by atoms with E-state index in [1.165, 1.54) is 0 Å². The quantitative estimate of drug-likeness (QED) is 0.421. The summed E-state index contributed by atoms with van der Waals surface area (Å²) in [5, 5.41) is 2.84. The molecule has 0 radical (unpaired) electrons. The molecule has 0 saturated carbocycles. The third kappa shape index (κ3) is 9.12. The van der Waals surface area contributed by atoms with Crippen molar-refractivity contribution in [2.45, 2.75) is 52.2 Å². The molecule has 2 aliphatic heterocycles. The number of anilines is 1. The molecule has 13 heteroatoms. The average Bonchev–Trinajstić information content (AvgIpc) is 3.02. The van der Waals surface area contributed by atoms with Gasteiger partial charge in [0.2, 0.25) is 5.91 Å². The lowest BCUT2D eigenvalue weighted by molar-refractivity contribution is -0.155. The number of nitrogens with zero attached hydrogens (tertiary/aromatic N) is 5. The SMILES string of the molecule is CCOC(=O)N1CCN(C(=O)[C@H](CCC(=O)OC(C)(C)C)NC(=O)c2cc(N3CCOCC3)nc(-c3ccccc3)n2)CC1. The Morgan fingerprint density at radius 1 is 0.955 bits per heavy atom. The molecule has 13 nitrogen and oxygen atoms in total. The molecular weight excluding hydrogens is 568 g/mol. The molecule has 0 spiro atoms. The molecule has 1 atom stereocenters. The highest BCUT2D eigenvalue weighted by molar-refractivity contribution is 5.97. The Bertz CT molecular complexity index is 1300. The fourth-order valence-corrected chi connectivity index (χ4v) is 4.91. The molecular formula is C31H42N6O7. The smallest absolute Gasteiger partial charge is 0.409 e. The Morgan fingerprint density at radius 2 is 1.61 bits per heavy atom. The number of carbonyl (C=O) groups is 4. The number of hydrogen-bond donors (Lipinski definition) is 1. The average molecular weight is 611 g/mol. The largest absolute Gasteiger partial charge is 0.460 e. The first-order valence-electron chi connectivity index (χ1n) is 15.0. The van der Waals surface area contributed by atoms with Crippen LogP contribution in [0.15, 0.2) is 36.4 Å². The van der Waals surface area contributed by atoms with Gasteiger partial charge >= 0.3 is 12.1 Å². The maximum atomic E-state index is 13.7. The first-order valence-corrected chi connectivity index (χ1v) is 15.0. The molecule has 1 aromatic carbocycles. The van der Waals surface area contributed by atoms with Gasteiger partial charge in [-0.05, 0) is 34.1 Å². The number of morpholine rings is 1. The fraction of sp³-hybridized carbons (Fsp3) is 0.548. The van der Waals surface area contributed by atoms with Gasteiger partial charge in [-0.25, -0.2) is 14.8 Å². The molecule has 2 aromatic rings. The number of amides is 3. The summed E-state index contributed by atoms with van der Waals surface area (Å²) >= 11 is 0. The van der Waals surface area contributed by atoms with Gasteiger partial charge < -0.3 is 34.2 Å². The predicted molar refractivity (Wildman–Crippen MR) is 162 cm³/mol. The highest BCUT2D eigenvalue weighted by atomic mass is 16.6. The van der Waals surface area contributed by atoms with Crippen molar-refractivity contribution < 1.29 is 33.4 Å². The minimum absolute atomic E-state index is 0.0323. The second-order valence-electron chi connectivity index (χ2n) is 11.6. The molecule has 0 bridgehead atoms. The van der Waals surface area contributed by atoms with Crippen LogP contribution in [0.2, 0.25) is 0 Å². The summed E-state index contributed by atoms with van der Waals surface area (Å²) in [4.78, 5) is 66.6. The van der Waals surface area contributed by atoms with Gasteiger partial charge in [0.25, 0.3) is 5.91 Å². The highest BCUT2D eigenvalue weighted by Crippen LogP contribution is 2.22. The summed E-state index contributed by atoms with van der Waals surface area (Å²) in [6, 6.07) is 9.94. The van der Waals surface area contributed by atoms with Crippen LogP contribution in [0.25, 0.3) is 11.4 Å². The van der Waals surface area contributed by atoms with E-state index >= 15 is 0 Å². The number of benzene rings is 1. The minimum Gasteiger partial charge on any atom is -0.460 e. The van der Waals surface area contributed by atoms with E-state index < -0.39 is 29.6 Å². The summed E-state index contributed by atoms with van der Waals surface area (Å²) in [5.41, 5.74) is 0.157. The molecule has 0 unspecified atom stereocenters. The van der Waals surface area contributed by atoms with Gasteiger partial charge in [0.05, 0.1) is 19.8 Å². The second kappa shape index (κ2) is 15.0. The number of aromatic nitrogens is 2. The van der Waals surface area contributed by atoms with Crippen molar-refractivity contribution in [2.24, 2.45) is 0 Å². The molecule has 3 amide bonds. The summed E-state index contributed by atoms with van der Waals surface area (Å²) in [6.45, 7) is 10.7. The number of carbonyl (C=O) groups excluding carboxylic acids is 4. The van der Waals surface area contributed by atoms with Crippen molar-refractivity contribution in [1.82, 2.24) is 25.1 Å². The monoisotopic (exact) mass is 610 g/mol. The molecule has 1 aromatic heterocycles. The predicted octanol–water partition coefficient (Wildman–Crippen LogP) is 2.50. The molecule has 2 fully saturated rings. The van der Waals surface area contributed by atoms with Crippen LogP contribution in [-0.4, -0.2) is 114 Å². The van der Waals surface area contributed by atoms with E-state index in [4.69, 9.17) is 19.2 Å². The van der Waals surface area contributed by atoms with Crippen molar-refractivity contribution in [3.8, 4) is 11.4 Å². The maximum Gasteiger partial charge on any atom is 0.409 e. The molecule has 2 saturated heterocycles. The van der Waals surface area contributed by atoms with Gasteiger partial charge in [0, 0.05) is 57.3 Å². The van der Waals surface area contributed by atoms with Crippen LogP contribution in [0.5, 0.6) is 0 Å². The Hall–Kier alpha value is -4.26. The van der Waals surface area contributed by atoms with E-state index in [2.05, 4.69) is 10.3 Å². The zero-order chi connectivity index (χ0) is 31.7. The van der Waals surface area contributed by atoms with Crippen molar-refractivity contribution in [3.05, 3.63) is 42.1 Å². The minimum atomic E-state index is -1.02. The van der Waals surface area contributed by atoms with E-state index in [0.717, 1.165) is 5.56 Å². The van der Waals surface area contributed by atoms with Gasteiger partial charge in [-0.3, -0.25) is 14.4 Å². The third-order valence-electron chi connectivity index (χ3n) is 7.09. The summed E-state index contributed by atoms with van der Waals surface area (Å²) in [6.07, 6.45) is -0.470. The number of hydrogen-bond acceptors (Lipinski definition) is 10. The van der Waals surface area contributed by atoms with E-state index in [9.17, 15) is 19.2 Å². The number of nitrogens with one attached hydrogen (secondary N) is 1. The highest BCUT2D eigenvalue weighted by Gasteiger charge is 2.32. The van der Waals surface area contributed by atoms with Crippen LogP contribution in [0, 0.1) is 0 Å². The van der Waals surface area contributed by atoms with Gasteiger partial charge in [-0.1, -0.05) is 30.3 Å². The van der Waals surface area contributed by atoms with Crippen molar-refractivity contribution >= 4 is 29.7 Å². The number of piperazine rings is 1. The molecule has 3 heterocycles. The van der Waals surface area contributed by atoms with E-state index in [-0.39, 0.29) is 44.1 Å². The van der Waals surface area contributed by atoms with E-state index in [1.54, 1.807) is 43.6 Å². The summed E-state index contributed by atoms with van der Waals surface area (Å²) in [5.74, 6) is -0.423. The van der Waals surface area contributed by atoms with Crippen molar-refractivity contribution in [3.63, 3.8) is 0 Å². The van der Waals surface area contributed by atoms with E-state index in [0.29, 0.717) is 51.0 Å². The Morgan fingerprint density at radius 3 is 2.25 bits per heavy atom. The number of ether oxygens (including phenoxy) is 3. The Kier molecular flexibility index (Phi) is 11.1. The Labute approximate surface area is 257 Å². The lowest BCUT2D eigenvalue weighted by atomic mass is 10.1. The van der Waals surface area contributed by atoms with Gasteiger partial charge in [0.15, 0.2) is 5.82 Å². The van der Waals surface area contributed by atoms with Crippen LogP contribution in [0.3, 0.4) is 0 Å². The zero-order valence-electron chi connectivity index (χ0n) is 25.9. The molecule has 1 N–H and O–H groups in total. The van der Waals surface area contributed by atoms with E-state index in [1.807, 2.05) is 35.2 Å². The van der Waals surface area contributed by atoms with Gasteiger partial charge in [0.1, 0.15) is 23.2 Å². The maximum absolute atomic E-state index is 13.7. The Balaban J connectivity index is 1.56. The van der Waals surface area contributed by atoms with Crippen molar-refractivity contribution in [1.29, 1.82) is 0 Å².